The smallest absolute Gasteiger partial charge is 0.228 e. The van der Waals surface area contributed by atoms with Gasteiger partial charge in [0, 0.05) is 35.4 Å². The first-order valence-electron chi connectivity index (χ1n) is 15.1. The van der Waals surface area contributed by atoms with Crippen molar-refractivity contribution in [2.75, 3.05) is 16.4 Å². The molecule has 1 amide bonds. The highest BCUT2D eigenvalue weighted by molar-refractivity contribution is 7.99. The van der Waals surface area contributed by atoms with E-state index in [-0.39, 0.29) is 5.91 Å². The molecule has 0 atom stereocenters. The largest absolute Gasteiger partial charge is 0.326 e. The van der Waals surface area contributed by atoms with Crippen molar-refractivity contribution in [3.8, 4) is 22.6 Å². The molecule has 0 bridgehead atoms. The fraction of sp³-hybridized carbons (Fsp3) is 0.257. The van der Waals surface area contributed by atoms with Crippen LogP contribution in [0.4, 0.5) is 17.3 Å². The molecule has 43 heavy (non-hydrogen) atoms. The predicted octanol–water partition coefficient (Wildman–Crippen LogP) is 8.09. The number of imidazole rings is 1. The van der Waals surface area contributed by atoms with Crippen LogP contribution in [0.5, 0.6) is 0 Å². The Kier molecular flexibility index (Phi) is 7.92. The van der Waals surface area contributed by atoms with E-state index in [2.05, 4.69) is 44.5 Å². The average molecular weight is 587 g/mol. The van der Waals surface area contributed by atoms with Crippen LogP contribution < -0.4 is 10.6 Å². The highest BCUT2D eigenvalue weighted by atomic mass is 32.2. The van der Waals surface area contributed by atoms with Crippen LogP contribution in [-0.4, -0.2) is 31.2 Å². The second-order valence-electron chi connectivity index (χ2n) is 11.2. The van der Waals surface area contributed by atoms with E-state index in [4.69, 9.17) is 9.97 Å². The number of aromatic nitrogens is 4. The first-order chi connectivity index (χ1) is 21.2. The third-order valence-corrected chi connectivity index (χ3v) is 9.20. The molecule has 0 spiro atoms. The van der Waals surface area contributed by atoms with Crippen molar-refractivity contribution in [2.45, 2.75) is 56.1 Å². The van der Waals surface area contributed by atoms with Gasteiger partial charge in [0.05, 0.1) is 23.5 Å². The Balaban J connectivity index is 1.13. The van der Waals surface area contributed by atoms with Crippen LogP contribution in [0.2, 0.25) is 0 Å². The van der Waals surface area contributed by atoms with Gasteiger partial charge in [-0.15, -0.1) is 0 Å². The average Bonchev–Trinajstić information content (AvgIpc) is 3.65. The van der Waals surface area contributed by atoms with Gasteiger partial charge >= 0.3 is 0 Å². The van der Waals surface area contributed by atoms with Crippen LogP contribution in [0.1, 0.15) is 49.1 Å². The SMILES string of the molecule is O=C(Cc1ccccc1)Nc1cccc(-c2nc3n(c2-c2ccnc(Nc4ccc(C5CCCCC5)cc4)n2)CCS3)c1. The number of thioether (sulfide) groups is 1. The molecule has 5 aromatic rings. The zero-order chi connectivity index (χ0) is 29.0. The second-order valence-corrected chi connectivity index (χ2v) is 12.3. The van der Waals surface area contributed by atoms with E-state index in [0.29, 0.717) is 18.3 Å². The Bertz CT molecular complexity index is 1730. The minimum atomic E-state index is -0.0512. The number of carbonyl (C=O) groups excluding carboxylic acids is 1. The molecular weight excluding hydrogens is 552 g/mol. The molecular formula is C35H34N6OS. The lowest BCUT2D eigenvalue weighted by atomic mass is 9.84. The van der Waals surface area contributed by atoms with Crippen LogP contribution in [0.15, 0.2) is 96.3 Å². The normalized spacial score (nSPS) is 14.8. The van der Waals surface area contributed by atoms with Gasteiger partial charge in [0.25, 0.3) is 0 Å². The van der Waals surface area contributed by atoms with Crippen LogP contribution in [-0.2, 0) is 17.8 Å². The Labute approximate surface area is 256 Å². The molecule has 0 radical (unpaired) electrons. The van der Waals surface area contributed by atoms with Crippen molar-refractivity contribution in [2.24, 2.45) is 0 Å². The predicted molar refractivity (Wildman–Crippen MR) is 174 cm³/mol. The van der Waals surface area contributed by atoms with E-state index in [1.165, 1.54) is 37.7 Å². The molecule has 3 aromatic carbocycles. The van der Waals surface area contributed by atoms with E-state index in [1.807, 2.05) is 60.7 Å². The minimum Gasteiger partial charge on any atom is -0.326 e. The van der Waals surface area contributed by atoms with E-state index >= 15 is 0 Å². The van der Waals surface area contributed by atoms with Gasteiger partial charge in [-0.3, -0.25) is 4.79 Å². The summed E-state index contributed by atoms with van der Waals surface area (Å²) in [6, 6.07) is 28.4. The highest BCUT2D eigenvalue weighted by Crippen LogP contribution is 2.39. The fourth-order valence-electron chi connectivity index (χ4n) is 6.12. The molecule has 2 N–H and O–H groups in total. The lowest BCUT2D eigenvalue weighted by Crippen LogP contribution is -2.14. The van der Waals surface area contributed by atoms with Gasteiger partial charge in [-0.2, -0.15) is 0 Å². The quantitative estimate of drug-likeness (QED) is 0.191. The van der Waals surface area contributed by atoms with E-state index in [1.54, 1.807) is 18.0 Å². The van der Waals surface area contributed by atoms with Crippen LogP contribution >= 0.6 is 11.8 Å². The molecule has 7 rings (SSSR count). The van der Waals surface area contributed by atoms with Crippen LogP contribution in [0.3, 0.4) is 0 Å². The first kappa shape index (κ1) is 27.4. The first-order valence-corrected chi connectivity index (χ1v) is 16.1. The standard InChI is InChI=1S/C35H34N6OS/c42-31(22-24-8-3-1-4-9-24)37-29-13-7-12-27(23-29)32-33(41-20-21-43-35(41)40-32)30-18-19-36-34(39-30)38-28-16-14-26(15-17-28)25-10-5-2-6-11-25/h1,3-4,7-9,12-19,23,25H,2,5-6,10-11,20-22H2,(H,37,42)(H,36,38,39). The Morgan fingerprint density at radius 1 is 0.884 bits per heavy atom. The lowest BCUT2D eigenvalue weighted by Gasteiger charge is -2.22. The summed E-state index contributed by atoms with van der Waals surface area (Å²) >= 11 is 1.75. The molecule has 8 heteroatoms. The summed E-state index contributed by atoms with van der Waals surface area (Å²) in [4.78, 5) is 27.3. The molecule has 0 unspecified atom stereocenters. The monoisotopic (exact) mass is 586 g/mol. The summed E-state index contributed by atoms with van der Waals surface area (Å²) in [5, 5.41) is 7.45. The van der Waals surface area contributed by atoms with Crippen molar-refractivity contribution in [1.82, 2.24) is 19.5 Å². The van der Waals surface area contributed by atoms with Gasteiger partial charge in [-0.1, -0.05) is 85.6 Å². The van der Waals surface area contributed by atoms with E-state index in [9.17, 15) is 4.79 Å². The zero-order valence-electron chi connectivity index (χ0n) is 24.0. The van der Waals surface area contributed by atoms with Crippen molar-refractivity contribution >= 4 is 35.0 Å². The summed E-state index contributed by atoms with van der Waals surface area (Å²) in [5.41, 5.74) is 7.68. The van der Waals surface area contributed by atoms with Crippen molar-refractivity contribution in [3.05, 3.63) is 102 Å². The second kappa shape index (κ2) is 12.4. The number of anilines is 3. The van der Waals surface area contributed by atoms with E-state index in [0.717, 1.165) is 57.0 Å². The number of benzene rings is 3. The summed E-state index contributed by atoms with van der Waals surface area (Å²) in [6.07, 6.45) is 8.73. The van der Waals surface area contributed by atoms with Crippen LogP contribution in [0.25, 0.3) is 22.6 Å². The molecule has 2 aliphatic rings. The van der Waals surface area contributed by atoms with Crippen molar-refractivity contribution in [1.29, 1.82) is 0 Å². The molecule has 1 aliphatic carbocycles. The van der Waals surface area contributed by atoms with Crippen LogP contribution in [0, 0.1) is 0 Å². The van der Waals surface area contributed by atoms with Gasteiger partial charge in [0.15, 0.2) is 5.16 Å². The molecule has 216 valence electrons. The summed E-state index contributed by atoms with van der Waals surface area (Å²) < 4.78 is 2.24. The van der Waals surface area contributed by atoms with Crippen molar-refractivity contribution < 1.29 is 4.79 Å². The number of rotatable bonds is 8. The molecule has 0 saturated heterocycles. The van der Waals surface area contributed by atoms with Gasteiger partial charge in [0.2, 0.25) is 11.9 Å². The highest BCUT2D eigenvalue weighted by Gasteiger charge is 2.25. The zero-order valence-corrected chi connectivity index (χ0v) is 24.8. The molecule has 3 heterocycles. The minimum absolute atomic E-state index is 0.0512. The fourth-order valence-corrected chi connectivity index (χ4v) is 7.07. The van der Waals surface area contributed by atoms with Gasteiger partial charge < -0.3 is 15.2 Å². The molecule has 1 saturated carbocycles. The van der Waals surface area contributed by atoms with Crippen molar-refractivity contribution in [3.63, 3.8) is 0 Å². The third-order valence-electron chi connectivity index (χ3n) is 8.25. The number of hydrogen-bond donors (Lipinski definition) is 2. The summed E-state index contributed by atoms with van der Waals surface area (Å²) in [6.45, 7) is 0.866. The van der Waals surface area contributed by atoms with Gasteiger partial charge in [0.1, 0.15) is 0 Å². The summed E-state index contributed by atoms with van der Waals surface area (Å²) in [5.74, 6) is 2.16. The third kappa shape index (κ3) is 6.20. The maximum Gasteiger partial charge on any atom is 0.228 e. The summed E-state index contributed by atoms with van der Waals surface area (Å²) in [7, 11) is 0. The number of carbonyl (C=O) groups is 1. The molecule has 1 fully saturated rings. The number of fused-ring (bicyclic) bond motifs is 1. The molecule has 2 aromatic heterocycles. The number of nitrogens with zero attached hydrogens (tertiary/aromatic N) is 4. The number of hydrogen-bond acceptors (Lipinski definition) is 6. The topological polar surface area (TPSA) is 84.7 Å². The van der Waals surface area contributed by atoms with Gasteiger partial charge in [-0.05, 0) is 60.2 Å². The van der Waals surface area contributed by atoms with E-state index < -0.39 is 0 Å². The van der Waals surface area contributed by atoms with Gasteiger partial charge in [-0.25, -0.2) is 15.0 Å². The number of amides is 1. The Morgan fingerprint density at radius 3 is 2.56 bits per heavy atom. The molecule has 7 nitrogen and oxygen atoms in total. The lowest BCUT2D eigenvalue weighted by molar-refractivity contribution is -0.115. The Hall–Kier alpha value is -4.43. The Morgan fingerprint density at radius 2 is 1.72 bits per heavy atom. The molecule has 1 aliphatic heterocycles. The maximum absolute atomic E-state index is 12.8. The number of nitrogens with one attached hydrogen (secondary N) is 2. The maximum atomic E-state index is 12.8.